The number of nitrogens with two attached hydrogens (primary N) is 1. The second-order valence-corrected chi connectivity index (χ2v) is 12.5. The smallest absolute Gasteiger partial charge is 0.377 e. The van der Waals surface area contributed by atoms with Crippen molar-refractivity contribution in [3.05, 3.63) is 0 Å². The topological polar surface area (TPSA) is 53.7 Å². The quantitative estimate of drug-likeness (QED) is 0.165. The molecular formula is C24H53NO3Si. The van der Waals surface area contributed by atoms with Crippen molar-refractivity contribution < 1.29 is 13.3 Å². The molecule has 0 aliphatic carbocycles. The summed E-state index contributed by atoms with van der Waals surface area (Å²) >= 11 is 0. The zero-order valence-corrected chi connectivity index (χ0v) is 21.9. The molecule has 0 aliphatic rings. The standard InChI is InChI=1S/C24H53NO3Si/c1-8-10-11-12-13-14-15-16-17-18-19-20-21-22(24(3,4)25)23(9-2)29(26-5,27-6)28-7/h22-23H,8-21,25H2,1-7H3. The molecule has 0 amide bonds. The van der Waals surface area contributed by atoms with Crippen LogP contribution in [0.4, 0.5) is 0 Å². The predicted octanol–water partition coefficient (Wildman–Crippen LogP) is 7.09. The van der Waals surface area contributed by atoms with Crippen molar-refractivity contribution in [2.24, 2.45) is 11.7 Å². The molecule has 4 nitrogen and oxygen atoms in total. The SMILES string of the molecule is CCCCCCCCCCCCCCC(C(CC)[Si](OC)(OC)OC)C(C)(C)N. The highest BCUT2D eigenvalue weighted by Crippen LogP contribution is 2.42. The van der Waals surface area contributed by atoms with Crippen LogP contribution in [-0.2, 0) is 13.3 Å². The fraction of sp³-hybridized carbons (Fsp3) is 1.00. The predicted molar refractivity (Wildman–Crippen MR) is 128 cm³/mol. The Bertz CT molecular complexity index is 361. The normalized spacial score (nSPS) is 14.9. The van der Waals surface area contributed by atoms with Crippen LogP contribution in [0.25, 0.3) is 0 Å². The van der Waals surface area contributed by atoms with Gasteiger partial charge in [-0.1, -0.05) is 90.9 Å². The molecule has 0 aliphatic heterocycles. The molecule has 176 valence electrons. The summed E-state index contributed by atoms with van der Waals surface area (Å²) in [5, 5.41) is 0. The van der Waals surface area contributed by atoms with E-state index in [1.165, 1.54) is 77.0 Å². The summed E-state index contributed by atoms with van der Waals surface area (Å²) < 4.78 is 17.5. The molecule has 0 radical (unpaired) electrons. The summed E-state index contributed by atoms with van der Waals surface area (Å²) in [4.78, 5) is 0. The summed E-state index contributed by atoms with van der Waals surface area (Å²) in [5.41, 5.74) is 6.57. The maximum Gasteiger partial charge on any atom is 0.503 e. The van der Waals surface area contributed by atoms with E-state index < -0.39 is 8.80 Å². The third-order valence-electron chi connectivity index (χ3n) is 6.56. The van der Waals surface area contributed by atoms with Gasteiger partial charge in [0, 0.05) is 32.4 Å². The van der Waals surface area contributed by atoms with Gasteiger partial charge in [-0.15, -0.1) is 0 Å². The molecule has 0 aromatic heterocycles. The van der Waals surface area contributed by atoms with Crippen molar-refractivity contribution in [3.8, 4) is 0 Å². The van der Waals surface area contributed by atoms with Crippen LogP contribution in [-0.4, -0.2) is 35.7 Å². The molecule has 0 rings (SSSR count). The molecule has 0 heterocycles. The summed E-state index contributed by atoms with van der Waals surface area (Å²) in [6.45, 7) is 8.76. The van der Waals surface area contributed by atoms with Crippen molar-refractivity contribution in [1.29, 1.82) is 0 Å². The van der Waals surface area contributed by atoms with Gasteiger partial charge < -0.3 is 19.0 Å². The third-order valence-corrected chi connectivity index (χ3v) is 9.98. The van der Waals surface area contributed by atoms with Gasteiger partial charge in [-0.05, 0) is 32.6 Å². The highest BCUT2D eigenvalue weighted by atomic mass is 28.4. The number of hydrogen-bond donors (Lipinski definition) is 1. The summed E-state index contributed by atoms with van der Waals surface area (Å²) in [6, 6.07) is 0. The van der Waals surface area contributed by atoms with E-state index in [1.807, 2.05) is 0 Å². The Morgan fingerprint density at radius 2 is 1.07 bits per heavy atom. The summed E-state index contributed by atoms with van der Waals surface area (Å²) in [5.74, 6) is 0.335. The lowest BCUT2D eigenvalue weighted by Gasteiger charge is -2.42. The Labute approximate surface area is 184 Å². The van der Waals surface area contributed by atoms with Crippen molar-refractivity contribution in [1.82, 2.24) is 0 Å². The van der Waals surface area contributed by atoms with Crippen LogP contribution in [0, 0.1) is 5.92 Å². The van der Waals surface area contributed by atoms with E-state index in [-0.39, 0.29) is 11.1 Å². The fourth-order valence-corrected chi connectivity index (χ4v) is 7.78. The minimum absolute atomic E-state index is 0.232. The van der Waals surface area contributed by atoms with E-state index in [2.05, 4.69) is 27.7 Å². The molecular weight excluding hydrogens is 378 g/mol. The van der Waals surface area contributed by atoms with Crippen LogP contribution in [0.2, 0.25) is 5.54 Å². The second kappa shape index (κ2) is 16.7. The Kier molecular flexibility index (Phi) is 16.7. The van der Waals surface area contributed by atoms with Gasteiger partial charge in [-0.25, -0.2) is 0 Å². The van der Waals surface area contributed by atoms with Gasteiger partial charge in [-0.2, -0.15) is 0 Å². The van der Waals surface area contributed by atoms with Gasteiger partial charge in [0.2, 0.25) is 0 Å². The highest BCUT2D eigenvalue weighted by Gasteiger charge is 2.52. The van der Waals surface area contributed by atoms with E-state index in [9.17, 15) is 0 Å². The number of rotatable bonds is 20. The van der Waals surface area contributed by atoms with E-state index >= 15 is 0 Å². The van der Waals surface area contributed by atoms with Crippen LogP contribution in [0.1, 0.15) is 118 Å². The second-order valence-electron chi connectivity index (χ2n) is 9.34. The summed E-state index contributed by atoms with van der Waals surface area (Å²) in [6.07, 6.45) is 18.5. The molecule has 2 N–H and O–H groups in total. The first kappa shape index (κ1) is 29.1. The van der Waals surface area contributed by atoms with Crippen LogP contribution >= 0.6 is 0 Å². The molecule has 0 aromatic rings. The van der Waals surface area contributed by atoms with Gasteiger partial charge in [0.15, 0.2) is 0 Å². The number of unbranched alkanes of at least 4 members (excludes halogenated alkanes) is 11. The lowest BCUT2D eigenvalue weighted by atomic mass is 9.80. The minimum atomic E-state index is -2.70. The molecule has 29 heavy (non-hydrogen) atoms. The van der Waals surface area contributed by atoms with E-state index in [1.54, 1.807) is 21.3 Å². The van der Waals surface area contributed by atoms with Gasteiger partial charge >= 0.3 is 8.80 Å². The average Bonchev–Trinajstić information content (AvgIpc) is 2.70. The first-order valence-corrected chi connectivity index (χ1v) is 14.1. The third kappa shape index (κ3) is 11.3. The highest BCUT2D eigenvalue weighted by molar-refractivity contribution is 6.62. The molecule has 2 unspecified atom stereocenters. The number of hydrogen-bond acceptors (Lipinski definition) is 4. The van der Waals surface area contributed by atoms with Crippen LogP contribution < -0.4 is 5.73 Å². The van der Waals surface area contributed by atoms with Crippen molar-refractivity contribution in [2.45, 2.75) is 129 Å². The lowest BCUT2D eigenvalue weighted by molar-refractivity contribution is 0.0884. The van der Waals surface area contributed by atoms with Gasteiger partial charge in [0.25, 0.3) is 0 Å². The monoisotopic (exact) mass is 431 g/mol. The Hall–Kier alpha value is 0.0569. The Balaban J connectivity index is 4.29. The largest absolute Gasteiger partial charge is 0.503 e. The first-order valence-electron chi connectivity index (χ1n) is 12.3. The molecule has 0 saturated heterocycles. The zero-order valence-electron chi connectivity index (χ0n) is 20.9. The molecule has 0 fully saturated rings. The average molecular weight is 432 g/mol. The molecule has 0 bridgehead atoms. The fourth-order valence-electron chi connectivity index (χ4n) is 4.78. The van der Waals surface area contributed by atoms with Crippen LogP contribution in [0.5, 0.6) is 0 Å². The summed E-state index contributed by atoms with van der Waals surface area (Å²) in [7, 11) is 2.44. The van der Waals surface area contributed by atoms with Crippen molar-refractivity contribution in [3.63, 3.8) is 0 Å². The lowest BCUT2D eigenvalue weighted by Crippen LogP contribution is -2.55. The maximum absolute atomic E-state index is 6.61. The molecule has 2 atom stereocenters. The zero-order chi connectivity index (χ0) is 22.2. The first-order chi connectivity index (χ1) is 13.8. The van der Waals surface area contributed by atoms with Gasteiger partial charge in [-0.3, -0.25) is 0 Å². The minimum Gasteiger partial charge on any atom is -0.377 e. The van der Waals surface area contributed by atoms with E-state index in [4.69, 9.17) is 19.0 Å². The molecule has 5 heteroatoms. The van der Waals surface area contributed by atoms with Crippen LogP contribution in [0.3, 0.4) is 0 Å². The van der Waals surface area contributed by atoms with E-state index in [0.29, 0.717) is 5.92 Å². The molecule has 0 aromatic carbocycles. The van der Waals surface area contributed by atoms with Crippen molar-refractivity contribution >= 4 is 8.80 Å². The molecule has 0 spiro atoms. The maximum atomic E-state index is 6.61. The Morgan fingerprint density at radius 3 is 1.38 bits per heavy atom. The van der Waals surface area contributed by atoms with Crippen LogP contribution in [0.15, 0.2) is 0 Å². The molecule has 0 saturated carbocycles. The Morgan fingerprint density at radius 1 is 0.690 bits per heavy atom. The van der Waals surface area contributed by atoms with E-state index in [0.717, 1.165) is 12.8 Å². The van der Waals surface area contributed by atoms with Gasteiger partial charge in [0.05, 0.1) is 0 Å². The van der Waals surface area contributed by atoms with Crippen molar-refractivity contribution in [2.75, 3.05) is 21.3 Å². The van der Waals surface area contributed by atoms with Gasteiger partial charge in [0.1, 0.15) is 0 Å².